The van der Waals surface area contributed by atoms with Gasteiger partial charge in [-0.15, -0.1) is 0 Å². The molecule has 2 rings (SSSR count). The number of rotatable bonds is 8. The Hall–Kier alpha value is -2.82. The fraction of sp³-hybridized carbons (Fsp3) is 0.300. The van der Waals surface area contributed by atoms with Crippen molar-refractivity contribution in [3.63, 3.8) is 0 Å². The van der Waals surface area contributed by atoms with Crippen LogP contribution < -0.4 is 10.1 Å². The van der Waals surface area contributed by atoms with Gasteiger partial charge in [-0.25, -0.2) is 0 Å². The molecule has 0 unspecified atom stereocenters. The lowest BCUT2D eigenvalue weighted by Gasteiger charge is -2.27. The number of amides is 2. The fourth-order valence-corrected chi connectivity index (χ4v) is 2.33. The summed E-state index contributed by atoms with van der Waals surface area (Å²) >= 11 is 0. The number of hydrogen-bond acceptors (Lipinski definition) is 3. The molecular formula is C20H24N2O3. The highest BCUT2D eigenvalue weighted by Gasteiger charge is 2.18. The van der Waals surface area contributed by atoms with Gasteiger partial charge in [-0.3, -0.25) is 9.59 Å². The molecule has 0 fully saturated rings. The first-order valence-corrected chi connectivity index (χ1v) is 8.34. The summed E-state index contributed by atoms with van der Waals surface area (Å²) in [6.07, 6.45) is 0. The first-order valence-electron chi connectivity index (χ1n) is 8.34. The number of benzene rings is 2. The summed E-state index contributed by atoms with van der Waals surface area (Å²) in [6.45, 7) is 4.29. The molecule has 0 saturated carbocycles. The number of para-hydroxylation sites is 1. The SMILES string of the molecule is CC(C)N(Cc1ccccc1)C(=O)CNC(=O)COc1ccccc1. The quantitative estimate of drug-likeness (QED) is 0.804. The Kier molecular flexibility index (Phi) is 7.01. The lowest BCUT2D eigenvalue weighted by molar-refractivity contribution is -0.135. The van der Waals surface area contributed by atoms with Gasteiger partial charge in [0.15, 0.2) is 6.61 Å². The molecule has 132 valence electrons. The van der Waals surface area contributed by atoms with Crippen LogP contribution in [0.15, 0.2) is 60.7 Å². The van der Waals surface area contributed by atoms with Gasteiger partial charge in [0.2, 0.25) is 5.91 Å². The topological polar surface area (TPSA) is 58.6 Å². The summed E-state index contributed by atoms with van der Waals surface area (Å²) < 4.78 is 5.37. The zero-order valence-corrected chi connectivity index (χ0v) is 14.6. The van der Waals surface area contributed by atoms with E-state index in [0.717, 1.165) is 5.56 Å². The van der Waals surface area contributed by atoms with Crippen molar-refractivity contribution in [2.24, 2.45) is 0 Å². The van der Waals surface area contributed by atoms with E-state index in [1.807, 2.05) is 62.4 Å². The highest BCUT2D eigenvalue weighted by molar-refractivity contribution is 5.85. The number of ether oxygens (including phenoxy) is 1. The minimum absolute atomic E-state index is 0.0397. The fourth-order valence-electron chi connectivity index (χ4n) is 2.33. The summed E-state index contributed by atoms with van der Waals surface area (Å²) in [7, 11) is 0. The third kappa shape index (κ3) is 6.30. The highest BCUT2D eigenvalue weighted by Crippen LogP contribution is 2.09. The lowest BCUT2D eigenvalue weighted by Crippen LogP contribution is -2.44. The summed E-state index contributed by atoms with van der Waals surface area (Å²) in [5.41, 5.74) is 1.06. The van der Waals surface area contributed by atoms with E-state index in [1.165, 1.54) is 0 Å². The van der Waals surface area contributed by atoms with Gasteiger partial charge in [-0.2, -0.15) is 0 Å². The first kappa shape index (κ1) is 18.5. The molecule has 0 bridgehead atoms. The molecule has 0 aliphatic carbocycles. The highest BCUT2D eigenvalue weighted by atomic mass is 16.5. The standard InChI is InChI=1S/C20H24N2O3/c1-16(2)22(14-17-9-5-3-6-10-17)20(24)13-21-19(23)15-25-18-11-7-4-8-12-18/h3-12,16H,13-15H2,1-2H3,(H,21,23). The second-order valence-corrected chi connectivity index (χ2v) is 5.98. The van der Waals surface area contributed by atoms with E-state index in [0.29, 0.717) is 12.3 Å². The molecule has 0 aliphatic heterocycles. The van der Waals surface area contributed by atoms with Gasteiger partial charge < -0.3 is 15.0 Å². The molecule has 2 aromatic rings. The van der Waals surface area contributed by atoms with Crippen LogP contribution in [0.2, 0.25) is 0 Å². The van der Waals surface area contributed by atoms with Crippen LogP contribution in [0.5, 0.6) is 5.75 Å². The van der Waals surface area contributed by atoms with Gasteiger partial charge in [-0.05, 0) is 31.5 Å². The molecule has 0 radical (unpaired) electrons. The maximum Gasteiger partial charge on any atom is 0.258 e. The molecule has 0 saturated heterocycles. The van der Waals surface area contributed by atoms with Gasteiger partial charge in [0.05, 0.1) is 6.54 Å². The van der Waals surface area contributed by atoms with Crippen LogP contribution in [-0.2, 0) is 16.1 Å². The average molecular weight is 340 g/mol. The molecule has 0 spiro atoms. The molecule has 25 heavy (non-hydrogen) atoms. The molecule has 5 nitrogen and oxygen atoms in total. The van der Waals surface area contributed by atoms with E-state index in [2.05, 4.69) is 5.32 Å². The van der Waals surface area contributed by atoms with E-state index in [1.54, 1.807) is 17.0 Å². The molecule has 0 aromatic heterocycles. The van der Waals surface area contributed by atoms with Crippen LogP contribution in [0.4, 0.5) is 0 Å². The third-order valence-electron chi connectivity index (χ3n) is 3.69. The van der Waals surface area contributed by atoms with Gasteiger partial charge in [-0.1, -0.05) is 48.5 Å². The maximum atomic E-state index is 12.4. The Morgan fingerprint density at radius 2 is 1.60 bits per heavy atom. The average Bonchev–Trinajstić information content (AvgIpc) is 2.64. The van der Waals surface area contributed by atoms with Crippen molar-refractivity contribution in [1.29, 1.82) is 0 Å². The van der Waals surface area contributed by atoms with Crippen molar-refractivity contribution < 1.29 is 14.3 Å². The van der Waals surface area contributed by atoms with E-state index >= 15 is 0 Å². The number of carbonyl (C=O) groups excluding carboxylic acids is 2. The Labute approximate surface area is 148 Å². The van der Waals surface area contributed by atoms with Crippen molar-refractivity contribution in [2.75, 3.05) is 13.2 Å². The summed E-state index contributed by atoms with van der Waals surface area (Å²) in [5.74, 6) is 0.185. The van der Waals surface area contributed by atoms with Crippen LogP contribution in [-0.4, -0.2) is 35.9 Å². The van der Waals surface area contributed by atoms with Crippen LogP contribution in [0.1, 0.15) is 19.4 Å². The summed E-state index contributed by atoms with van der Waals surface area (Å²) in [4.78, 5) is 26.0. The van der Waals surface area contributed by atoms with Crippen LogP contribution in [0.25, 0.3) is 0 Å². The van der Waals surface area contributed by atoms with Gasteiger partial charge in [0.1, 0.15) is 5.75 Å². The number of carbonyl (C=O) groups is 2. The zero-order chi connectivity index (χ0) is 18.1. The maximum absolute atomic E-state index is 12.4. The van der Waals surface area contributed by atoms with E-state index in [9.17, 15) is 9.59 Å². The minimum Gasteiger partial charge on any atom is -0.484 e. The third-order valence-corrected chi connectivity index (χ3v) is 3.69. The lowest BCUT2D eigenvalue weighted by atomic mass is 10.2. The van der Waals surface area contributed by atoms with Crippen molar-refractivity contribution in [3.8, 4) is 5.75 Å². The molecule has 0 aliphatic rings. The van der Waals surface area contributed by atoms with Gasteiger partial charge in [0.25, 0.3) is 5.91 Å². The zero-order valence-electron chi connectivity index (χ0n) is 14.6. The molecule has 1 N–H and O–H groups in total. The predicted octanol–water partition coefficient (Wildman–Crippen LogP) is 2.62. The molecular weight excluding hydrogens is 316 g/mol. The smallest absolute Gasteiger partial charge is 0.258 e. The first-order chi connectivity index (χ1) is 12.1. The van der Waals surface area contributed by atoms with Gasteiger partial charge >= 0.3 is 0 Å². The van der Waals surface area contributed by atoms with E-state index in [-0.39, 0.29) is 31.0 Å². The number of hydrogen-bond donors (Lipinski definition) is 1. The number of nitrogens with one attached hydrogen (secondary N) is 1. The monoisotopic (exact) mass is 340 g/mol. The predicted molar refractivity (Wildman–Crippen MR) is 97.1 cm³/mol. The molecule has 5 heteroatoms. The van der Waals surface area contributed by atoms with Crippen molar-refractivity contribution in [1.82, 2.24) is 10.2 Å². The van der Waals surface area contributed by atoms with Crippen LogP contribution in [0, 0.1) is 0 Å². The summed E-state index contributed by atoms with van der Waals surface area (Å²) in [5, 5.41) is 2.62. The normalized spacial score (nSPS) is 10.4. The van der Waals surface area contributed by atoms with Crippen LogP contribution >= 0.6 is 0 Å². The number of nitrogens with zero attached hydrogens (tertiary/aromatic N) is 1. The van der Waals surface area contributed by atoms with Crippen molar-refractivity contribution >= 4 is 11.8 Å². The van der Waals surface area contributed by atoms with Crippen molar-refractivity contribution in [2.45, 2.75) is 26.4 Å². The van der Waals surface area contributed by atoms with Crippen molar-refractivity contribution in [3.05, 3.63) is 66.2 Å². The van der Waals surface area contributed by atoms with Gasteiger partial charge in [0, 0.05) is 12.6 Å². The second-order valence-electron chi connectivity index (χ2n) is 5.98. The molecule has 0 heterocycles. The summed E-state index contributed by atoms with van der Waals surface area (Å²) in [6, 6.07) is 18.9. The molecule has 2 amide bonds. The molecule has 0 atom stereocenters. The molecule has 2 aromatic carbocycles. The second kappa shape index (κ2) is 9.47. The van der Waals surface area contributed by atoms with E-state index < -0.39 is 0 Å². The Bertz CT molecular complexity index is 672. The largest absolute Gasteiger partial charge is 0.484 e. The van der Waals surface area contributed by atoms with E-state index in [4.69, 9.17) is 4.74 Å². The van der Waals surface area contributed by atoms with Crippen LogP contribution in [0.3, 0.4) is 0 Å². The Morgan fingerprint density at radius 1 is 1.00 bits per heavy atom. The Morgan fingerprint density at radius 3 is 2.20 bits per heavy atom. The minimum atomic E-state index is -0.319. The Balaban J connectivity index is 1.81.